The summed E-state index contributed by atoms with van der Waals surface area (Å²) in [6.07, 6.45) is 5.53. The van der Waals surface area contributed by atoms with E-state index in [1.54, 1.807) is 24.5 Å². The second-order valence-corrected chi connectivity index (χ2v) is 10.1. The Balaban J connectivity index is 1.25. The van der Waals surface area contributed by atoms with Gasteiger partial charge in [0.2, 0.25) is 5.91 Å². The Morgan fingerprint density at radius 3 is 2.59 bits per heavy atom. The molecule has 2 aliphatic rings. The molecule has 0 spiro atoms. The quantitative estimate of drug-likeness (QED) is 0.366. The van der Waals surface area contributed by atoms with Crippen LogP contribution in [0.5, 0.6) is 5.75 Å². The van der Waals surface area contributed by atoms with E-state index < -0.39 is 17.7 Å². The maximum absolute atomic E-state index is 13.8. The number of anilines is 1. The third-order valence-electron chi connectivity index (χ3n) is 7.06. The highest BCUT2D eigenvalue weighted by molar-refractivity contribution is 6.33. The van der Waals surface area contributed by atoms with Crippen molar-refractivity contribution in [3.63, 3.8) is 0 Å². The molecule has 0 bridgehead atoms. The molecule has 1 amide bonds. The molecule has 1 aromatic heterocycles. The van der Waals surface area contributed by atoms with Crippen LogP contribution in [-0.4, -0.2) is 53.5 Å². The van der Waals surface area contributed by atoms with Crippen LogP contribution in [0.25, 0.3) is 11.1 Å². The number of nitrogens with zero attached hydrogens (tertiary/aromatic N) is 4. The summed E-state index contributed by atoms with van der Waals surface area (Å²) in [4.78, 5) is 20.0. The molecule has 1 N–H and O–H groups in total. The Bertz CT molecular complexity index is 1340. The van der Waals surface area contributed by atoms with E-state index >= 15 is 0 Å². The molecule has 0 saturated carbocycles. The number of hydrazone groups is 1. The molecule has 2 aromatic carbocycles. The predicted molar refractivity (Wildman–Crippen MR) is 146 cm³/mol. The summed E-state index contributed by atoms with van der Waals surface area (Å²) >= 11 is 6.49. The highest BCUT2D eigenvalue weighted by Gasteiger charge is 2.35. The van der Waals surface area contributed by atoms with Crippen molar-refractivity contribution in [2.75, 3.05) is 31.2 Å². The average Bonchev–Trinajstić information content (AvgIpc) is 3.44. The Kier molecular flexibility index (Phi) is 8.38. The van der Waals surface area contributed by atoms with E-state index in [9.17, 15) is 13.6 Å². The molecule has 3 heterocycles. The largest absolute Gasteiger partial charge is 0.493 e. The zero-order chi connectivity index (χ0) is 27.4. The molecule has 1 unspecified atom stereocenters. The number of rotatable bonds is 8. The molecule has 1 saturated heterocycles. The van der Waals surface area contributed by atoms with Crippen LogP contribution in [0.1, 0.15) is 37.3 Å². The van der Waals surface area contributed by atoms with Crippen LogP contribution in [0.2, 0.25) is 5.02 Å². The van der Waals surface area contributed by atoms with Gasteiger partial charge in [-0.1, -0.05) is 11.6 Å². The maximum Gasteiger partial charge on any atom is 0.246 e. The highest BCUT2D eigenvalue weighted by Crippen LogP contribution is 2.35. The molecular weight excluding hydrogens is 526 g/mol. The Morgan fingerprint density at radius 1 is 1.08 bits per heavy atom. The minimum absolute atomic E-state index is 0.0647. The number of piperidine rings is 1. The normalized spacial score (nSPS) is 17.6. The number of halogens is 3. The fourth-order valence-electron chi connectivity index (χ4n) is 5.04. The van der Waals surface area contributed by atoms with Gasteiger partial charge in [-0.3, -0.25) is 4.79 Å². The van der Waals surface area contributed by atoms with Crippen molar-refractivity contribution < 1.29 is 23.4 Å². The lowest BCUT2D eigenvalue weighted by atomic mass is 9.94. The molecule has 2 aliphatic heterocycles. The molecule has 10 heteroatoms. The van der Waals surface area contributed by atoms with Gasteiger partial charge in [-0.2, -0.15) is 5.10 Å². The molecule has 39 heavy (non-hydrogen) atoms. The van der Waals surface area contributed by atoms with Crippen molar-refractivity contribution in [3.8, 4) is 16.9 Å². The number of aliphatic hydroxyl groups excluding tert-OH is 1. The fourth-order valence-corrected chi connectivity index (χ4v) is 5.27. The van der Waals surface area contributed by atoms with Crippen LogP contribution < -0.4 is 9.64 Å². The topological polar surface area (TPSA) is 78.3 Å². The number of carbonyl (C=O) groups is 1. The Hall–Kier alpha value is -3.56. The van der Waals surface area contributed by atoms with Gasteiger partial charge in [-0.15, -0.1) is 0 Å². The average molecular weight is 555 g/mol. The number of ether oxygens (including phenoxy) is 1. The number of carbonyl (C=O) groups excluding carboxylic acids is 1. The SMILES string of the molecule is O=C(C1CCN(c2cc(-c3cc(OCCCO)ccc3Cl)ccn2)CC1)N1N=CCC1c1cc(F)cc(F)c1. The van der Waals surface area contributed by atoms with Gasteiger partial charge in [0.05, 0.1) is 12.6 Å². The molecule has 204 valence electrons. The van der Waals surface area contributed by atoms with Gasteiger partial charge >= 0.3 is 0 Å². The van der Waals surface area contributed by atoms with Crippen molar-refractivity contribution in [1.82, 2.24) is 9.99 Å². The summed E-state index contributed by atoms with van der Waals surface area (Å²) in [5.41, 5.74) is 2.12. The molecule has 0 radical (unpaired) electrons. The van der Waals surface area contributed by atoms with E-state index in [2.05, 4.69) is 15.0 Å². The van der Waals surface area contributed by atoms with E-state index in [0.717, 1.165) is 23.0 Å². The number of pyridine rings is 1. The van der Waals surface area contributed by atoms with Gasteiger partial charge in [0, 0.05) is 67.5 Å². The van der Waals surface area contributed by atoms with Crippen LogP contribution in [0.4, 0.5) is 14.6 Å². The number of hydrogen-bond acceptors (Lipinski definition) is 6. The zero-order valence-electron chi connectivity index (χ0n) is 21.3. The van der Waals surface area contributed by atoms with Crippen LogP contribution in [0, 0.1) is 17.6 Å². The lowest BCUT2D eigenvalue weighted by Crippen LogP contribution is -2.41. The third-order valence-corrected chi connectivity index (χ3v) is 7.39. The van der Waals surface area contributed by atoms with Gasteiger partial charge in [0.1, 0.15) is 23.2 Å². The summed E-state index contributed by atoms with van der Waals surface area (Å²) in [5.74, 6) is -0.269. The second kappa shape index (κ2) is 12.1. The van der Waals surface area contributed by atoms with Gasteiger partial charge in [-0.05, 0) is 66.4 Å². The van der Waals surface area contributed by atoms with Gasteiger partial charge in [0.15, 0.2) is 0 Å². The van der Waals surface area contributed by atoms with E-state index in [1.807, 2.05) is 18.2 Å². The number of aliphatic hydroxyl groups is 1. The smallest absolute Gasteiger partial charge is 0.246 e. The van der Waals surface area contributed by atoms with E-state index in [4.69, 9.17) is 21.4 Å². The van der Waals surface area contributed by atoms with Crippen LogP contribution >= 0.6 is 11.6 Å². The minimum Gasteiger partial charge on any atom is -0.493 e. The number of hydrogen-bond donors (Lipinski definition) is 1. The molecule has 7 nitrogen and oxygen atoms in total. The summed E-state index contributed by atoms with van der Waals surface area (Å²) in [7, 11) is 0. The maximum atomic E-state index is 13.8. The standard InChI is InChI=1S/C29H29ClF2N4O3/c30-26-3-2-24(39-13-1-12-37)18-25(26)20-4-8-33-28(16-20)35-10-6-19(7-11-35)29(38)36-27(5-9-34-36)21-14-22(31)17-23(32)15-21/h2-4,8-9,14-19,27,37H,1,5-7,10-13H2. The Morgan fingerprint density at radius 2 is 1.85 bits per heavy atom. The summed E-state index contributed by atoms with van der Waals surface area (Å²) in [5, 5.41) is 15.2. The van der Waals surface area contributed by atoms with Gasteiger partial charge < -0.3 is 14.7 Å². The first kappa shape index (κ1) is 27.0. The summed E-state index contributed by atoms with van der Waals surface area (Å²) in [6, 6.07) is 12.1. The first-order valence-corrected chi connectivity index (χ1v) is 13.4. The lowest BCUT2D eigenvalue weighted by molar-refractivity contribution is -0.138. The first-order valence-electron chi connectivity index (χ1n) is 13.0. The molecule has 0 aliphatic carbocycles. The summed E-state index contributed by atoms with van der Waals surface area (Å²) in [6.45, 7) is 1.73. The van der Waals surface area contributed by atoms with Crippen LogP contribution in [0.15, 0.2) is 59.8 Å². The highest BCUT2D eigenvalue weighted by atomic mass is 35.5. The molecule has 3 aromatic rings. The van der Waals surface area contributed by atoms with Crippen molar-refractivity contribution in [3.05, 3.63) is 76.9 Å². The number of aromatic nitrogens is 1. The van der Waals surface area contributed by atoms with Crippen LogP contribution in [-0.2, 0) is 4.79 Å². The monoisotopic (exact) mass is 554 g/mol. The molecule has 1 fully saturated rings. The van der Waals surface area contributed by atoms with Crippen molar-refractivity contribution in [1.29, 1.82) is 0 Å². The third kappa shape index (κ3) is 6.20. The first-order chi connectivity index (χ1) is 18.9. The van der Waals surface area contributed by atoms with E-state index in [1.165, 1.54) is 17.1 Å². The van der Waals surface area contributed by atoms with Crippen molar-refractivity contribution in [2.45, 2.75) is 31.7 Å². The van der Waals surface area contributed by atoms with E-state index in [0.29, 0.717) is 61.7 Å². The zero-order valence-corrected chi connectivity index (χ0v) is 22.0. The van der Waals surface area contributed by atoms with Crippen molar-refractivity contribution >= 4 is 29.5 Å². The lowest BCUT2D eigenvalue weighted by Gasteiger charge is -2.34. The Labute approximate surface area is 230 Å². The summed E-state index contributed by atoms with van der Waals surface area (Å²) < 4.78 is 33.3. The minimum atomic E-state index is -0.672. The molecule has 5 rings (SSSR count). The van der Waals surface area contributed by atoms with Crippen molar-refractivity contribution in [2.24, 2.45) is 11.0 Å². The number of benzene rings is 2. The van der Waals surface area contributed by atoms with Gasteiger partial charge in [-0.25, -0.2) is 18.8 Å². The fraction of sp³-hybridized carbons (Fsp3) is 0.345. The van der Waals surface area contributed by atoms with Crippen LogP contribution in [0.3, 0.4) is 0 Å². The van der Waals surface area contributed by atoms with E-state index in [-0.39, 0.29) is 18.4 Å². The molecule has 1 atom stereocenters. The second-order valence-electron chi connectivity index (χ2n) is 9.67. The van der Waals surface area contributed by atoms with Gasteiger partial charge in [0.25, 0.3) is 0 Å². The predicted octanol–water partition coefficient (Wildman–Crippen LogP) is 5.62. The number of amides is 1. The molecular formula is C29H29ClF2N4O3.